The second-order valence-electron chi connectivity index (χ2n) is 8.43. The average molecular weight is 552 g/mol. The molecule has 8 nitrogen and oxygen atoms in total. The molecule has 0 bridgehead atoms. The highest BCUT2D eigenvalue weighted by Gasteiger charge is 2.33. The van der Waals surface area contributed by atoms with Gasteiger partial charge in [-0.15, -0.1) is 5.10 Å². The van der Waals surface area contributed by atoms with E-state index >= 15 is 0 Å². The van der Waals surface area contributed by atoms with Crippen LogP contribution in [-0.2, 0) is 12.7 Å². The summed E-state index contributed by atoms with van der Waals surface area (Å²) in [6.07, 6.45) is -4.90. The van der Waals surface area contributed by atoms with Gasteiger partial charge >= 0.3 is 12.2 Å². The highest BCUT2D eigenvalue weighted by Crippen LogP contribution is 2.45. The van der Waals surface area contributed by atoms with Gasteiger partial charge in [-0.1, -0.05) is 11.6 Å². The van der Waals surface area contributed by atoms with Gasteiger partial charge in [-0.2, -0.15) is 17.9 Å². The van der Waals surface area contributed by atoms with Gasteiger partial charge in [0.15, 0.2) is 11.6 Å². The number of rotatable bonds is 4. The summed E-state index contributed by atoms with van der Waals surface area (Å²) in [5.41, 5.74) is 4.69. The summed E-state index contributed by atoms with van der Waals surface area (Å²) in [6, 6.07) is 5.53. The molecule has 4 aromatic rings. The second-order valence-corrected chi connectivity index (χ2v) is 8.84. The molecule has 0 fully saturated rings. The molecule has 5 rings (SSSR count). The quantitative estimate of drug-likeness (QED) is 0.302. The third-order valence-electron chi connectivity index (χ3n) is 5.76. The summed E-state index contributed by atoms with van der Waals surface area (Å²) in [7, 11) is 1.50. The van der Waals surface area contributed by atoms with E-state index in [1.165, 1.54) is 24.1 Å². The van der Waals surface area contributed by atoms with Crippen LogP contribution in [0.25, 0.3) is 10.9 Å². The van der Waals surface area contributed by atoms with Crippen molar-refractivity contribution in [3.63, 3.8) is 0 Å². The number of carbonyl (C=O) groups excluding carboxylic acids is 2. The molecular formula is C24H15ClF5N5O3. The van der Waals surface area contributed by atoms with Gasteiger partial charge in [-0.3, -0.25) is 4.79 Å². The van der Waals surface area contributed by atoms with Crippen LogP contribution < -0.4 is 15.8 Å². The van der Waals surface area contributed by atoms with Gasteiger partial charge in [0.1, 0.15) is 17.4 Å². The fourth-order valence-electron chi connectivity index (χ4n) is 4.09. The number of hydrogen-bond donors (Lipinski definition) is 2. The molecule has 196 valence electrons. The molecule has 0 spiro atoms. The molecule has 0 radical (unpaired) electrons. The van der Waals surface area contributed by atoms with Gasteiger partial charge in [0.2, 0.25) is 0 Å². The molecular weight excluding hydrogens is 537 g/mol. The molecule has 1 aliphatic rings. The van der Waals surface area contributed by atoms with E-state index in [0.29, 0.717) is 17.7 Å². The third kappa shape index (κ3) is 4.34. The number of benzene rings is 3. The van der Waals surface area contributed by atoms with E-state index < -0.39 is 40.9 Å². The Bertz CT molecular complexity index is 1650. The molecule has 3 aromatic carbocycles. The molecule has 0 saturated carbocycles. The van der Waals surface area contributed by atoms with E-state index in [4.69, 9.17) is 22.1 Å². The van der Waals surface area contributed by atoms with Crippen LogP contribution in [-0.4, -0.2) is 33.7 Å². The lowest BCUT2D eigenvalue weighted by atomic mass is 10.0. The first kappa shape index (κ1) is 25.3. The van der Waals surface area contributed by atoms with Crippen LogP contribution in [0.3, 0.4) is 0 Å². The molecule has 0 saturated heterocycles. The standard InChI is InChI=1S/C24H15ClF5N5O3/c1-34-9-11-6-16(32-22(36)10-4-12(24(28,29)30)7-14(27)5-10)20(38-17-8-13(26)2-3-15(17)25)18-19(11)35(23(34)37)33-21(18)31/h2-8H,9H2,1H3,(H2,31,33)(H,32,36). The number of hydrogen-bond acceptors (Lipinski definition) is 5. The van der Waals surface area contributed by atoms with Crippen molar-refractivity contribution in [3.05, 3.63) is 75.8 Å². The number of nitrogens with one attached hydrogen (secondary N) is 1. The van der Waals surface area contributed by atoms with Crippen molar-refractivity contribution in [1.29, 1.82) is 0 Å². The Morgan fingerprint density at radius 1 is 1.13 bits per heavy atom. The van der Waals surface area contributed by atoms with Crippen molar-refractivity contribution in [1.82, 2.24) is 14.7 Å². The van der Waals surface area contributed by atoms with E-state index in [2.05, 4.69) is 10.4 Å². The molecule has 38 heavy (non-hydrogen) atoms. The minimum absolute atomic E-state index is 0.0188. The van der Waals surface area contributed by atoms with Gasteiger partial charge in [-0.25, -0.2) is 13.6 Å². The molecule has 1 aromatic heterocycles. The summed E-state index contributed by atoms with van der Waals surface area (Å²) in [5, 5.41) is 6.51. The lowest BCUT2D eigenvalue weighted by molar-refractivity contribution is -0.137. The highest BCUT2D eigenvalue weighted by molar-refractivity contribution is 6.32. The fraction of sp³-hybridized carbons (Fsp3) is 0.125. The Labute approximate surface area is 215 Å². The summed E-state index contributed by atoms with van der Waals surface area (Å²) >= 11 is 6.15. The topological polar surface area (TPSA) is 102 Å². The average Bonchev–Trinajstić information content (AvgIpc) is 3.19. The van der Waals surface area contributed by atoms with Crippen molar-refractivity contribution >= 4 is 45.9 Å². The van der Waals surface area contributed by atoms with Gasteiger partial charge in [0.05, 0.1) is 27.2 Å². The normalized spacial score (nSPS) is 13.2. The number of nitrogens with two attached hydrogens (primary N) is 1. The number of ether oxygens (including phenoxy) is 1. The zero-order valence-electron chi connectivity index (χ0n) is 19.2. The van der Waals surface area contributed by atoms with Crippen molar-refractivity contribution in [3.8, 4) is 11.5 Å². The maximum absolute atomic E-state index is 14.0. The number of halogens is 6. The van der Waals surface area contributed by atoms with Gasteiger partial charge in [0, 0.05) is 30.8 Å². The maximum Gasteiger partial charge on any atom is 0.416 e. The maximum atomic E-state index is 14.0. The zero-order valence-corrected chi connectivity index (χ0v) is 19.9. The number of amides is 2. The first-order valence-corrected chi connectivity index (χ1v) is 11.1. The Morgan fingerprint density at radius 2 is 1.87 bits per heavy atom. The summed E-state index contributed by atoms with van der Waals surface area (Å²) < 4.78 is 74.4. The minimum Gasteiger partial charge on any atom is -0.453 e. The summed E-state index contributed by atoms with van der Waals surface area (Å²) in [6.45, 7) is 0.0581. The van der Waals surface area contributed by atoms with Crippen LogP contribution >= 0.6 is 11.6 Å². The largest absolute Gasteiger partial charge is 0.453 e. The number of nitrogen functional groups attached to an aromatic ring is 1. The van der Waals surface area contributed by atoms with Crippen molar-refractivity contribution in [2.24, 2.45) is 0 Å². The number of carbonyl (C=O) groups is 2. The minimum atomic E-state index is -4.90. The van der Waals surface area contributed by atoms with Crippen molar-refractivity contribution < 1.29 is 36.3 Å². The first-order chi connectivity index (χ1) is 17.8. The van der Waals surface area contributed by atoms with Crippen LogP contribution in [0, 0.1) is 11.6 Å². The van der Waals surface area contributed by atoms with E-state index in [-0.39, 0.29) is 51.5 Å². The predicted molar refractivity (Wildman–Crippen MR) is 127 cm³/mol. The smallest absolute Gasteiger partial charge is 0.416 e. The van der Waals surface area contributed by atoms with Gasteiger partial charge < -0.3 is 20.7 Å². The van der Waals surface area contributed by atoms with Gasteiger partial charge in [-0.05, 0) is 36.4 Å². The second kappa shape index (κ2) is 8.87. The molecule has 3 N–H and O–H groups in total. The number of anilines is 2. The van der Waals surface area contributed by atoms with Crippen molar-refractivity contribution in [2.75, 3.05) is 18.1 Å². The predicted octanol–water partition coefficient (Wildman–Crippen LogP) is 6.03. The monoisotopic (exact) mass is 551 g/mol. The molecule has 14 heteroatoms. The Morgan fingerprint density at radius 3 is 2.58 bits per heavy atom. The molecule has 0 atom stereocenters. The fourth-order valence-corrected chi connectivity index (χ4v) is 4.24. The highest BCUT2D eigenvalue weighted by atomic mass is 35.5. The van der Waals surface area contributed by atoms with Crippen LogP contribution in [0.4, 0.5) is 38.3 Å². The SMILES string of the molecule is CN1Cc2cc(NC(=O)c3cc(F)cc(C(F)(F)F)c3)c(Oc3cc(F)ccc3Cl)c3c(N)nn(c23)C1=O. The number of aromatic nitrogens is 2. The Balaban J connectivity index is 1.68. The Hall–Kier alpha value is -4.39. The van der Waals surface area contributed by atoms with Crippen LogP contribution in [0.1, 0.15) is 21.5 Å². The zero-order chi connectivity index (χ0) is 27.5. The van der Waals surface area contributed by atoms with E-state index in [1.807, 2.05) is 0 Å². The van der Waals surface area contributed by atoms with E-state index in [9.17, 15) is 31.5 Å². The van der Waals surface area contributed by atoms with Gasteiger partial charge in [0.25, 0.3) is 5.91 Å². The van der Waals surface area contributed by atoms with E-state index in [1.54, 1.807) is 0 Å². The molecule has 2 heterocycles. The molecule has 0 unspecified atom stereocenters. The van der Waals surface area contributed by atoms with E-state index in [0.717, 1.165) is 16.8 Å². The van der Waals surface area contributed by atoms with Crippen LogP contribution in [0.15, 0.2) is 42.5 Å². The van der Waals surface area contributed by atoms with Crippen molar-refractivity contribution in [2.45, 2.75) is 12.7 Å². The summed E-state index contributed by atoms with van der Waals surface area (Å²) in [4.78, 5) is 27.0. The number of alkyl halides is 3. The molecule has 1 aliphatic heterocycles. The lowest BCUT2D eigenvalue weighted by Gasteiger charge is -2.25. The lowest BCUT2D eigenvalue weighted by Crippen LogP contribution is -2.35. The van der Waals surface area contributed by atoms with Crippen LogP contribution in [0.5, 0.6) is 11.5 Å². The first-order valence-electron chi connectivity index (χ1n) is 10.7. The number of nitrogens with zero attached hydrogens (tertiary/aromatic N) is 3. The molecule has 0 aliphatic carbocycles. The van der Waals surface area contributed by atoms with Crippen LogP contribution in [0.2, 0.25) is 5.02 Å². The third-order valence-corrected chi connectivity index (χ3v) is 6.08. The summed E-state index contributed by atoms with van der Waals surface area (Å²) in [5.74, 6) is -3.67. The molecule has 2 amide bonds. The Kier molecular flexibility index (Phi) is 5.90.